The number of hydrogen-bond donors (Lipinski definition) is 1. The summed E-state index contributed by atoms with van der Waals surface area (Å²) in [5.41, 5.74) is 2.12. The van der Waals surface area contributed by atoms with Gasteiger partial charge in [0.15, 0.2) is 5.58 Å². The van der Waals surface area contributed by atoms with Crippen LogP contribution in [0.3, 0.4) is 0 Å². The number of aromatic nitrogens is 1. The van der Waals surface area contributed by atoms with Crippen LogP contribution in [0.1, 0.15) is 9.67 Å². The Hall–Kier alpha value is -3.46. The summed E-state index contributed by atoms with van der Waals surface area (Å²) in [6, 6.07) is 16.8. The van der Waals surface area contributed by atoms with Gasteiger partial charge in [-0.2, -0.15) is 0 Å². The van der Waals surface area contributed by atoms with E-state index in [0.29, 0.717) is 43.4 Å². The zero-order valence-electron chi connectivity index (χ0n) is 16.0. The van der Waals surface area contributed by atoms with E-state index >= 15 is 0 Å². The molecule has 1 amide bonds. The number of oxazole rings is 1. The molecule has 0 saturated carbocycles. The number of non-ortho nitro benzene ring substituents is 1. The Balaban J connectivity index is 1.47. The molecule has 32 heavy (non-hydrogen) atoms. The highest BCUT2D eigenvalue weighted by Crippen LogP contribution is 2.40. The molecule has 0 spiro atoms. The van der Waals surface area contributed by atoms with Gasteiger partial charge in [0, 0.05) is 17.1 Å². The van der Waals surface area contributed by atoms with E-state index in [2.05, 4.69) is 10.3 Å². The number of halogens is 2. The van der Waals surface area contributed by atoms with Crippen LogP contribution in [0.25, 0.3) is 32.6 Å². The van der Waals surface area contributed by atoms with Crippen LogP contribution in [0.4, 0.5) is 11.4 Å². The number of rotatable bonds is 4. The molecule has 0 atom stereocenters. The van der Waals surface area contributed by atoms with Crippen molar-refractivity contribution in [1.82, 2.24) is 4.98 Å². The summed E-state index contributed by atoms with van der Waals surface area (Å²) in [6.45, 7) is 0. The molecule has 0 aliphatic rings. The summed E-state index contributed by atoms with van der Waals surface area (Å²) in [4.78, 5) is 28.3. The third-order valence-corrected chi connectivity index (χ3v) is 6.85. The molecule has 0 unspecified atom stereocenters. The molecule has 0 aliphatic carbocycles. The van der Waals surface area contributed by atoms with Gasteiger partial charge >= 0.3 is 0 Å². The van der Waals surface area contributed by atoms with E-state index in [1.54, 1.807) is 36.4 Å². The number of benzene rings is 3. The minimum Gasteiger partial charge on any atom is -0.436 e. The average Bonchev–Trinajstić information content (AvgIpc) is 3.34. The molecule has 2 heterocycles. The molecule has 0 saturated heterocycles. The maximum atomic E-state index is 12.9. The smallest absolute Gasteiger partial charge is 0.287 e. The summed E-state index contributed by atoms with van der Waals surface area (Å²) in [7, 11) is 0. The maximum Gasteiger partial charge on any atom is 0.287 e. The molecular formula is C22H11Cl2N3O4S. The van der Waals surface area contributed by atoms with Gasteiger partial charge in [-0.3, -0.25) is 14.9 Å². The zero-order chi connectivity index (χ0) is 22.4. The highest BCUT2D eigenvalue weighted by molar-refractivity contribution is 7.22. The Morgan fingerprint density at radius 1 is 1.09 bits per heavy atom. The first kappa shape index (κ1) is 20.4. The fraction of sp³-hybridized carbons (Fsp3) is 0. The first-order valence-corrected chi connectivity index (χ1v) is 10.8. The standard InChI is InChI=1S/C22H11Cl2N3O4S/c23-14-6-2-1-4-12(14)22-26-15-10-11(8-9-17(15)31-22)25-21(28)20-18(24)13-5-3-7-16(27(29)30)19(13)32-20/h1-10H,(H,25,28). The van der Waals surface area contributed by atoms with Crippen LogP contribution in [-0.4, -0.2) is 15.8 Å². The summed E-state index contributed by atoms with van der Waals surface area (Å²) in [6.07, 6.45) is 0. The molecule has 3 aromatic carbocycles. The van der Waals surface area contributed by atoms with Gasteiger partial charge < -0.3 is 9.73 Å². The number of amides is 1. The normalized spacial score (nSPS) is 11.2. The largest absolute Gasteiger partial charge is 0.436 e. The van der Waals surface area contributed by atoms with Crippen molar-refractivity contribution >= 4 is 73.0 Å². The number of carbonyl (C=O) groups is 1. The molecule has 158 valence electrons. The van der Waals surface area contributed by atoms with E-state index in [9.17, 15) is 14.9 Å². The lowest BCUT2D eigenvalue weighted by atomic mass is 10.2. The van der Waals surface area contributed by atoms with Gasteiger partial charge in [0.2, 0.25) is 5.89 Å². The van der Waals surface area contributed by atoms with Crippen LogP contribution in [0.15, 0.2) is 65.1 Å². The van der Waals surface area contributed by atoms with Crippen molar-refractivity contribution in [3.8, 4) is 11.5 Å². The summed E-state index contributed by atoms with van der Waals surface area (Å²) >= 11 is 13.6. The Morgan fingerprint density at radius 3 is 2.69 bits per heavy atom. The Kier molecular flexibility index (Phi) is 5.05. The van der Waals surface area contributed by atoms with Crippen molar-refractivity contribution in [2.75, 3.05) is 5.32 Å². The second-order valence-electron chi connectivity index (χ2n) is 6.79. The van der Waals surface area contributed by atoms with Crippen LogP contribution >= 0.6 is 34.5 Å². The first-order chi connectivity index (χ1) is 15.4. The fourth-order valence-corrected chi connectivity index (χ4v) is 5.01. The van der Waals surface area contributed by atoms with E-state index in [0.717, 1.165) is 11.3 Å². The van der Waals surface area contributed by atoms with Gasteiger partial charge in [-0.1, -0.05) is 47.5 Å². The minimum absolute atomic E-state index is 0.0930. The van der Waals surface area contributed by atoms with Gasteiger partial charge in [-0.05, 0) is 30.3 Å². The summed E-state index contributed by atoms with van der Waals surface area (Å²) in [5, 5.41) is 15.2. The summed E-state index contributed by atoms with van der Waals surface area (Å²) < 4.78 is 6.13. The predicted octanol–water partition coefficient (Wildman–Crippen LogP) is 7.18. The van der Waals surface area contributed by atoms with Gasteiger partial charge in [-0.25, -0.2) is 4.98 Å². The van der Waals surface area contributed by atoms with E-state index in [-0.39, 0.29) is 15.6 Å². The van der Waals surface area contributed by atoms with Crippen LogP contribution in [-0.2, 0) is 0 Å². The fourth-order valence-electron chi connectivity index (χ4n) is 3.31. The number of thiophene rings is 1. The molecule has 2 aromatic heterocycles. The van der Waals surface area contributed by atoms with Gasteiger partial charge in [-0.15, -0.1) is 11.3 Å². The number of nitro groups is 1. The molecule has 7 nitrogen and oxygen atoms in total. The van der Waals surface area contributed by atoms with E-state index in [1.165, 1.54) is 12.1 Å². The number of nitro benzene ring substituents is 1. The lowest BCUT2D eigenvalue weighted by molar-refractivity contribution is -0.382. The number of fused-ring (bicyclic) bond motifs is 2. The topological polar surface area (TPSA) is 98.3 Å². The van der Waals surface area contributed by atoms with Crippen LogP contribution in [0.2, 0.25) is 10.0 Å². The lowest BCUT2D eigenvalue weighted by Crippen LogP contribution is -2.10. The number of hydrogen-bond acceptors (Lipinski definition) is 6. The maximum absolute atomic E-state index is 12.9. The van der Waals surface area contributed by atoms with Gasteiger partial charge in [0.1, 0.15) is 15.1 Å². The molecule has 0 bridgehead atoms. The third-order valence-electron chi connectivity index (χ3n) is 4.79. The zero-order valence-corrected chi connectivity index (χ0v) is 18.3. The molecule has 0 aliphatic heterocycles. The molecule has 0 radical (unpaired) electrons. The van der Waals surface area contributed by atoms with E-state index < -0.39 is 10.8 Å². The average molecular weight is 484 g/mol. The van der Waals surface area contributed by atoms with E-state index in [4.69, 9.17) is 27.6 Å². The number of nitrogens with one attached hydrogen (secondary N) is 1. The molecule has 5 rings (SSSR count). The van der Waals surface area contributed by atoms with Gasteiger partial charge in [0.25, 0.3) is 11.6 Å². The Morgan fingerprint density at radius 2 is 1.91 bits per heavy atom. The van der Waals surface area contributed by atoms with Crippen molar-refractivity contribution in [2.24, 2.45) is 0 Å². The summed E-state index contributed by atoms with van der Waals surface area (Å²) in [5.74, 6) is -0.103. The van der Waals surface area contributed by atoms with Crippen LogP contribution in [0.5, 0.6) is 0 Å². The first-order valence-electron chi connectivity index (χ1n) is 9.24. The van der Waals surface area contributed by atoms with Crippen LogP contribution < -0.4 is 5.32 Å². The number of anilines is 1. The number of nitrogens with zero attached hydrogens (tertiary/aromatic N) is 2. The quantitative estimate of drug-likeness (QED) is 0.215. The van der Waals surface area contributed by atoms with Crippen molar-refractivity contribution in [1.29, 1.82) is 0 Å². The third kappa shape index (κ3) is 3.48. The highest BCUT2D eigenvalue weighted by Gasteiger charge is 2.23. The Bertz CT molecular complexity index is 1540. The van der Waals surface area contributed by atoms with Crippen molar-refractivity contribution in [3.63, 3.8) is 0 Å². The van der Waals surface area contributed by atoms with Crippen molar-refractivity contribution in [3.05, 3.63) is 85.7 Å². The second-order valence-corrected chi connectivity index (χ2v) is 8.60. The van der Waals surface area contributed by atoms with Gasteiger partial charge in [0.05, 0.1) is 20.5 Å². The number of carbonyl (C=O) groups excluding carboxylic acids is 1. The monoisotopic (exact) mass is 483 g/mol. The minimum atomic E-state index is -0.494. The van der Waals surface area contributed by atoms with E-state index in [1.807, 2.05) is 12.1 Å². The predicted molar refractivity (Wildman–Crippen MR) is 126 cm³/mol. The molecule has 0 fully saturated rings. The Labute approximate surface area is 194 Å². The highest BCUT2D eigenvalue weighted by atomic mass is 35.5. The van der Waals surface area contributed by atoms with Crippen molar-refractivity contribution in [2.45, 2.75) is 0 Å². The molecule has 5 aromatic rings. The molecular weight excluding hydrogens is 473 g/mol. The molecule has 10 heteroatoms. The SMILES string of the molecule is O=C(Nc1ccc2oc(-c3ccccc3Cl)nc2c1)c1sc2c([N+](=O)[O-])cccc2c1Cl. The van der Waals surface area contributed by atoms with Crippen molar-refractivity contribution < 1.29 is 14.1 Å². The molecule has 1 N–H and O–H groups in total. The van der Waals surface area contributed by atoms with Crippen LogP contribution in [0, 0.1) is 10.1 Å². The lowest BCUT2D eigenvalue weighted by Gasteiger charge is -2.03. The second kappa shape index (κ2) is 7.90.